The molecule has 0 saturated carbocycles. The zero-order chi connectivity index (χ0) is 18.9. The summed E-state index contributed by atoms with van der Waals surface area (Å²) >= 11 is 0. The highest BCUT2D eigenvalue weighted by Crippen LogP contribution is 2.31. The molecule has 3 rings (SSSR count). The number of hydrogen-bond donors (Lipinski definition) is 1. The summed E-state index contributed by atoms with van der Waals surface area (Å²) < 4.78 is 31.9. The summed E-state index contributed by atoms with van der Waals surface area (Å²) in [4.78, 5) is 12.6. The van der Waals surface area contributed by atoms with Crippen LogP contribution in [0, 0.1) is 16.7 Å². The first kappa shape index (κ1) is 18.2. The van der Waals surface area contributed by atoms with Gasteiger partial charge in [-0.3, -0.25) is 4.79 Å². The van der Waals surface area contributed by atoms with Crippen LogP contribution >= 0.6 is 0 Å². The summed E-state index contributed by atoms with van der Waals surface area (Å²) in [5.41, 5.74) is 0.739. The minimum Gasteiger partial charge on any atom is -0.380 e. The average Bonchev–Trinajstić information content (AvgIpc) is 2.96. The molecule has 26 heavy (non-hydrogen) atoms. The number of carbonyl (C=O) groups is 1. The van der Waals surface area contributed by atoms with Crippen LogP contribution < -0.4 is 5.32 Å². The number of hydrogen-bond acceptors (Lipinski definition) is 5. The maximum atomic E-state index is 12.6. The highest BCUT2D eigenvalue weighted by molar-refractivity contribution is 7.91. The van der Waals surface area contributed by atoms with Crippen molar-refractivity contribution in [3.05, 3.63) is 47.8 Å². The summed E-state index contributed by atoms with van der Waals surface area (Å²) in [6, 6.07) is 9.89. The van der Waals surface area contributed by atoms with Gasteiger partial charge in [-0.25, -0.2) is 8.42 Å². The molecule has 1 aromatic carbocycles. The molecule has 1 aromatic heterocycles. The molecule has 2 aromatic rings. The van der Waals surface area contributed by atoms with Crippen LogP contribution in [0.1, 0.15) is 23.0 Å². The van der Waals surface area contributed by atoms with Crippen molar-refractivity contribution in [1.29, 1.82) is 5.26 Å². The number of nitriles is 1. The first-order chi connectivity index (χ1) is 12.2. The van der Waals surface area contributed by atoms with Crippen LogP contribution in [0.25, 0.3) is 0 Å². The van der Waals surface area contributed by atoms with Crippen LogP contribution in [0.3, 0.4) is 0 Å². The van der Waals surface area contributed by atoms with Gasteiger partial charge in [-0.1, -0.05) is 13.0 Å². The molecular formula is C18H19N3O4S. The Balaban J connectivity index is 1.81. The van der Waals surface area contributed by atoms with Crippen molar-refractivity contribution >= 4 is 21.4 Å². The van der Waals surface area contributed by atoms with Gasteiger partial charge in [-0.15, -0.1) is 0 Å². The molecule has 1 fully saturated rings. The Morgan fingerprint density at radius 3 is 2.73 bits per heavy atom. The third-order valence-corrected chi connectivity index (χ3v) is 6.28. The lowest BCUT2D eigenvalue weighted by molar-refractivity contribution is -0.0870. The second kappa shape index (κ2) is 6.59. The number of anilines is 1. The second-order valence-corrected chi connectivity index (χ2v) is 8.87. The fraction of sp³-hybridized carbons (Fsp3) is 0.333. The number of aromatic nitrogens is 1. The van der Waals surface area contributed by atoms with Gasteiger partial charge in [0.25, 0.3) is 5.91 Å². The third kappa shape index (κ3) is 3.64. The Hall–Kier alpha value is -2.63. The first-order valence-corrected chi connectivity index (χ1v) is 9.66. The van der Waals surface area contributed by atoms with Crippen LogP contribution in [-0.2, 0) is 21.6 Å². The van der Waals surface area contributed by atoms with E-state index in [0.717, 1.165) is 0 Å². The average molecular weight is 373 g/mol. The van der Waals surface area contributed by atoms with E-state index < -0.39 is 15.7 Å². The molecule has 0 bridgehead atoms. The number of nitrogens with one attached hydrogen (secondary N) is 1. The second-order valence-electron chi connectivity index (χ2n) is 6.88. The van der Waals surface area contributed by atoms with Crippen LogP contribution in [0.15, 0.2) is 41.4 Å². The van der Waals surface area contributed by atoms with Gasteiger partial charge in [-0.05, 0) is 24.3 Å². The zero-order valence-corrected chi connectivity index (χ0v) is 15.3. The quantitative estimate of drug-likeness (QED) is 0.863. The highest BCUT2D eigenvalue weighted by atomic mass is 32.2. The predicted octanol–water partition coefficient (Wildman–Crippen LogP) is 1.96. The largest absolute Gasteiger partial charge is 0.380 e. The summed E-state index contributed by atoms with van der Waals surface area (Å²) in [5, 5.41) is 11.6. The number of carbonyl (C=O) groups excluding carboxylic acids is 1. The van der Waals surface area contributed by atoms with Crippen LogP contribution in [0.5, 0.6) is 0 Å². The monoisotopic (exact) mass is 373 g/mol. The minimum atomic E-state index is -3.52. The van der Waals surface area contributed by atoms with Crippen molar-refractivity contribution < 1.29 is 17.9 Å². The summed E-state index contributed by atoms with van der Waals surface area (Å²) in [6.07, 6.45) is 1.44. The summed E-state index contributed by atoms with van der Waals surface area (Å²) in [6.45, 7) is 2.70. The van der Waals surface area contributed by atoms with Gasteiger partial charge in [0.2, 0.25) is 0 Å². The topological polar surface area (TPSA) is 101 Å². The Kier molecular flexibility index (Phi) is 4.61. The van der Waals surface area contributed by atoms with E-state index in [1.54, 1.807) is 31.3 Å². The normalized spacial score (nSPS) is 15.7. The van der Waals surface area contributed by atoms with E-state index >= 15 is 0 Å². The molecule has 136 valence electrons. The Morgan fingerprint density at radius 2 is 2.12 bits per heavy atom. The van der Waals surface area contributed by atoms with E-state index in [1.807, 2.05) is 13.0 Å². The van der Waals surface area contributed by atoms with E-state index in [0.29, 0.717) is 24.5 Å². The highest BCUT2D eigenvalue weighted by Gasteiger charge is 2.39. The summed E-state index contributed by atoms with van der Waals surface area (Å²) in [7, 11) is -1.90. The fourth-order valence-corrected chi connectivity index (χ4v) is 4.73. The lowest BCUT2D eigenvalue weighted by atomic mass is 9.92. The lowest BCUT2D eigenvalue weighted by Gasteiger charge is -2.37. The SMILES string of the molecule is Cn1cc(S(=O)(=O)CC2(C)COC2)cc1C(=O)Nc1cccc(C#N)c1. The van der Waals surface area contributed by atoms with Gasteiger partial charge in [0, 0.05) is 24.3 Å². The molecule has 0 atom stereocenters. The van der Waals surface area contributed by atoms with Crippen LogP contribution in [0.4, 0.5) is 5.69 Å². The maximum absolute atomic E-state index is 12.6. The van der Waals surface area contributed by atoms with E-state index in [9.17, 15) is 13.2 Å². The molecule has 1 N–H and O–H groups in total. The molecule has 0 aliphatic carbocycles. The first-order valence-electron chi connectivity index (χ1n) is 8.01. The molecule has 1 saturated heterocycles. The number of rotatable bonds is 5. The van der Waals surface area contributed by atoms with Crippen molar-refractivity contribution in [1.82, 2.24) is 4.57 Å². The molecule has 2 heterocycles. The third-order valence-electron chi connectivity index (χ3n) is 4.26. The number of nitrogens with zero attached hydrogens (tertiary/aromatic N) is 2. The Bertz CT molecular complexity index is 998. The number of benzene rings is 1. The molecule has 1 amide bonds. The molecule has 1 aliphatic heterocycles. The molecule has 1 aliphatic rings. The van der Waals surface area contributed by atoms with Gasteiger partial charge in [0.05, 0.1) is 35.5 Å². The molecular weight excluding hydrogens is 354 g/mol. The number of amides is 1. The maximum Gasteiger partial charge on any atom is 0.272 e. The minimum absolute atomic E-state index is 0.0186. The van der Waals surface area contributed by atoms with Gasteiger partial charge in [0.15, 0.2) is 9.84 Å². The van der Waals surface area contributed by atoms with E-state index in [2.05, 4.69) is 5.32 Å². The standard InChI is InChI=1S/C18H19N3O4S/c1-18(10-25-11-18)12-26(23,24)15-7-16(21(2)9-15)17(22)20-14-5-3-4-13(6-14)8-19/h3-7,9H,10-12H2,1-2H3,(H,20,22). The van der Waals surface area contributed by atoms with E-state index in [4.69, 9.17) is 10.00 Å². The Labute approximate surface area is 152 Å². The van der Waals surface area contributed by atoms with Crippen LogP contribution in [-0.4, -0.2) is 37.9 Å². The predicted molar refractivity (Wildman–Crippen MR) is 95.5 cm³/mol. The fourth-order valence-electron chi connectivity index (χ4n) is 2.87. The number of sulfone groups is 1. The Morgan fingerprint density at radius 1 is 1.38 bits per heavy atom. The van der Waals surface area contributed by atoms with Gasteiger partial charge in [-0.2, -0.15) is 5.26 Å². The van der Waals surface area contributed by atoms with E-state index in [-0.39, 0.29) is 21.8 Å². The zero-order valence-electron chi connectivity index (χ0n) is 14.5. The van der Waals surface area contributed by atoms with Crippen molar-refractivity contribution in [2.24, 2.45) is 12.5 Å². The molecule has 0 unspecified atom stereocenters. The van der Waals surface area contributed by atoms with Crippen molar-refractivity contribution in [2.45, 2.75) is 11.8 Å². The van der Waals surface area contributed by atoms with Gasteiger partial charge >= 0.3 is 0 Å². The van der Waals surface area contributed by atoms with Gasteiger partial charge in [0.1, 0.15) is 5.69 Å². The van der Waals surface area contributed by atoms with E-state index in [1.165, 1.54) is 16.8 Å². The smallest absolute Gasteiger partial charge is 0.272 e. The van der Waals surface area contributed by atoms with Gasteiger partial charge < -0.3 is 14.6 Å². The summed E-state index contributed by atoms with van der Waals surface area (Å²) in [5.74, 6) is -0.461. The number of aryl methyl sites for hydroxylation is 1. The van der Waals surface area contributed by atoms with Crippen molar-refractivity contribution in [2.75, 3.05) is 24.3 Å². The number of ether oxygens (including phenoxy) is 1. The van der Waals surface area contributed by atoms with Crippen LogP contribution in [0.2, 0.25) is 0 Å². The van der Waals surface area contributed by atoms with Crippen molar-refractivity contribution in [3.8, 4) is 6.07 Å². The molecule has 7 nitrogen and oxygen atoms in total. The lowest BCUT2D eigenvalue weighted by Crippen LogP contribution is -2.45. The molecule has 0 spiro atoms. The molecule has 8 heteroatoms. The van der Waals surface area contributed by atoms with Crippen molar-refractivity contribution in [3.63, 3.8) is 0 Å². The molecule has 0 radical (unpaired) electrons.